The van der Waals surface area contributed by atoms with Gasteiger partial charge in [-0.25, -0.2) is 0 Å². The van der Waals surface area contributed by atoms with Crippen LogP contribution in [0, 0.1) is 5.92 Å². The standard InChI is InChI=1S/C9H16O/c1-4-9-8(7(2)3)5-6-10-9/h5,7,9H,4,6H2,1-3H3. The van der Waals surface area contributed by atoms with Gasteiger partial charge in [-0.15, -0.1) is 0 Å². The summed E-state index contributed by atoms with van der Waals surface area (Å²) in [6.07, 6.45) is 3.75. The first kappa shape index (κ1) is 7.80. The molecular formula is C9H16O. The van der Waals surface area contributed by atoms with Crippen LogP contribution in [0.5, 0.6) is 0 Å². The molecule has 0 radical (unpaired) electrons. The zero-order valence-electron chi connectivity index (χ0n) is 7.05. The molecule has 58 valence electrons. The molecule has 1 atom stereocenters. The number of rotatable bonds is 2. The van der Waals surface area contributed by atoms with E-state index in [1.54, 1.807) is 0 Å². The van der Waals surface area contributed by atoms with Gasteiger partial charge in [0.05, 0.1) is 12.7 Å². The molecule has 0 N–H and O–H groups in total. The molecule has 0 aromatic heterocycles. The smallest absolute Gasteiger partial charge is 0.0790 e. The van der Waals surface area contributed by atoms with Gasteiger partial charge in [0.15, 0.2) is 0 Å². The molecule has 1 heterocycles. The first-order valence-electron chi connectivity index (χ1n) is 4.07. The second-order valence-corrected chi connectivity index (χ2v) is 3.09. The van der Waals surface area contributed by atoms with Crippen LogP contribution < -0.4 is 0 Å². The molecule has 0 fully saturated rings. The normalized spacial score (nSPS) is 25.6. The van der Waals surface area contributed by atoms with E-state index in [9.17, 15) is 0 Å². The molecule has 1 aliphatic heterocycles. The topological polar surface area (TPSA) is 9.23 Å². The molecule has 0 aromatic rings. The van der Waals surface area contributed by atoms with E-state index in [1.165, 1.54) is 5.57 Å². The van der Waals surface area contributed by atoms with Crippen LogP contribution in [0.25, 0.3) is 0 Å². The van der Waals surface area contributed by atoms with Gasteiger partial charge in [-0.3, -0.25) is 0 Å². The number of ether oxygens (including phenoxy) is 1. The molecule has 0 spiro atoms. The summed E-state index contributed by atoms with van der Waals surface area (Å²) in [7, 11) is 0. The SMILES string of the molecule is CCC1OCC=C1C(C)C. The third-order valence-corrected chi connectivity index (χ3v) is 2.03. The van der Waals surface area contributed by atoms with Gasteiger partial charge in [-0.1, -0.05) is 26.8 Å². The van der Waals surface area contributed by atoms with Crippen molar-refractivity contribution in [3.8, 4) is 0 Å². The Morgan fingerprint density at radius 1 is 1.70 bits per heavy atom. The maximum absolute atomic E-state index is 5.48. The minimum Gasteiger partial charge on any atom is -0.370 e. The van der Waals surface area contributed by atoms with Crippen molar-refractivity contribution in [1.82, 2.24) is 0 Å². The van der Waals surface area contributed by atoms with Crippen molar-refractivity contribution in [3.05, 3.63) is 11.6 Å². The molecule has 1 aliphatic rings. The summed E-state index contributed by atoms with van der Waals surface area (Å²) in [5.74, 6) is 0.660. The van der Waals surface area contributed by atoms with Crippen molar-refractivity contribution in [3.63, 3.8) is 0 Å². The van der Waals surface area contributed by atoms with Gasteiger partial charge < -0.3 is 4.74 Å². The van der Waals surface area contributed by atoms with Crippen molar-refractivity contribution < 1.29 is 4.74 Å². The number of hydrogen-bond acceptors (Lipinski definition) is 1. The van der Waals surface area contributed by atoms with Crippen LogP contribution in [0.15, 0.2) is 11.6 Å². The Kier molecular flexibility index (Phi) is 2.50. The minimum atomic E-state index is 0.417. The van der Waals surface area contributed by atoms with Crippen molar-refractivity contribution in [2.24, 2.45) is 5.92 Å². The van der Waals surface area contributed by atoms with Crippen molar-refractivity contribution in [2.75, 3.05) is 6.61 Å². The van der Waals surface area contributed by atoms with Gasteiger partial charge in [-0.2, -0.15) is 0 Å². The van der Waals surface area contributed by atoms with E-state index in [0.29, 0.717) is 12.0 Å². The molecular weight excluding hydrogens is 124 g/mol. The Labute approximate surface area is 63.1 Å². The van der Waals surface area contributed by atoms with Crippen molar-refractivity contribution in [2.45, 2.75) is 33.3 Å². The highest BCUT2D eigenvalue weighted by Gasteiger charge is 2.19. The summed E-state index contributed by atoms with van der Waals surface area (Å²) in [4.78, 5) is 0. The van der Waals surface area contributed by atoms with Crippen molar-refractivity contribution in [1.29, 1.82) is 0 Å². The van der Waals surface area contributed by atoms with Crippen LogP contribution in [0.3, 0.4) is 0 Å². The summed E-state index contributed by atoms with van der Waals surface area (Å²) in [6.45, 7) is 7.45. The molecule has 1 nitrogen and oxygen atoms in total. The van der Waals surface area contributed by atoms with E-state index in [2.05, 4.69) is 26.8 Å². The van der Waals surface area contributed by atoms with E-state index < -0.39 is 0 Å². The lowest BCUT2D eigenvalue weighted by molar-refractivity contribution is 0.114. The molecule has 1 heteroatoms. The Hall–Kier alpha value is -0.300. The Morgan fingerprint density at radius 3 is 2.80 bits per heavy atom. The molecule has 0 aliphatic carbocycles. The van der Waals surface area contributed by atoms with Gasteiger partial charge >= 0.3 is 0 Å². The Bertz CT molecular complexity index is 136. The largest absolute Gasteiger partial charge is 0.370 e. The summed E-state index contributed by atoms with van der Waals surface area (Å²) in [6, 6.07) is 0. The van der Waals surface area contributed by atoms with Crippen molar-refractivity contribution >= 4 is 0 Å². The summed E-state index contributed by atoms with van der Waals surface area (Å²) >= 11 is 0. The highest BCUT2D eigenvalue weighted by molar-refractivity contribution is 5.14. The fraction of sp³-hybridized carbons (Fsp3) is 0.778. The lowest BCUT2D eigenvalue weighted by Crippen LogP contribution is -2.11. The second-order valence-electron chi connectivity index (χ2n) is 3.09. The van der Waals surface area contributed by atoms with E-state index in [0.717, 1.165) is 13.0 Å². The zero-order valence-corrected chi connectivity index (χ0v) is 7.05. The molecule has 0 bridgehead atoms. The molecule has 1 unspecified atom stereocenters. The van der Waals surface area contributed by atoms with Crippen LogP contribution in [0.2, 0.25) is 0 Å². The molecule has 10 heavy (non-hydrogen) atoms. The number of hydrogen-bond donors (Lipinski definition) is 0. The monoisotopic (exact) mass is 140 g/mol. The average Bonchev–Trinajstić information content (AvgIpc) is 2.33. The zero-order chi connectivity index (χ0) is 7.56. The van der Waals surface area contributed by atoms with Gasteiger partial charge in [0.1, 0.15) is 0 Å². The highest BCUT2D eigenvalue weighted by atomic mass is 16.5. The minimum absolute atomic E-state index is 0.417. The maximum atomic E-state index is 5.48. The van der Waals surface area contributed by atoms with E-state index >= 15 is 0 Å². The van der Waals surface area contributed by atoms with E-state index in [1.807, 2.05) is 0 Å². The third kappa shape index (κ3) is 1.40. The molecule has 0 aromatic carbocycles. The first-order valence-corrected chi connectivity index (χ1v) is 4.07. The fourth-order valence-corrected chi connectivity index (χ4v) is 1.45. The predicted molar refractivity (Wildman–Crippen MR) is 43.0 cm³/mol. The van der Waals surface area contributed by atoms with E-state index in [-0.39, 0.29) is 0 Å². The van der Waals surface area contributed by atoms with Gasteiger partial charge in [0.25, 0.3) is 0 Å². The molecule has 0 saturated heterocycles. The van der Waals surface area contributed by atoms with Crippen LogP contribution in [0.1, 0.15) is 27.2 Å². The lowest BCUT2D eigenvalue weighted by Gasteiger charge is -2.14. The lowest BCUT2D eigenvalue weighted by atomic mass is 9.97. The van der Waals surface area contributed by atoms with E-state index in [4.69, 9.17) is 4.74 Å². The third-order valence-electron chi connectivity index (χ3n) is 2.03. The summed E-state index contributed by atoms with van der Waals surface area (Å²) in [5, 5.41) is 0. The van der Waals surface area contributed by atoms with Crippen LogP contribution >= 0.6 is 0 Å². The molecule has 0 amide bonds. The summed E-state index contributed by atoms with van der Waals surface area (Å²) in [5.41, 5.74) is 1.49. The fourth-order valence-electron chi connectivity index (χ4n) is 1.45. The first-order chi connectivity index (χ1) is 4.75. The second kappa shape index (κ2) is 3.20. The Morgan fingerprint density at radius 2 is 2.40 bits per heavy atom. The van der Waals surface area contributed by atoms with Gasteiger partial charge in [-0.05, 0) is 17.9 Å². The van der Waals surface area contributed by atoms with Crippen LogP contribution in [-0.2, 0) is 4.74 Å². The van der Waals surface area contributed by atoms with Gasteiger partial charge in [0, 0.05) is 0 Å². The molecule has 1 rings (SSSR count). The highest BCUT2D eigenvalue weighted by Crippen LogP contribution is 2.23. The average molecular weight is 140 g/mol. The Balaban J connectivity index is 2.56. The summed E-state index contributed by atoms with van der Waals surface area (Å²) < 4.78 is 5.48. The quantitative estimate of drug-likeness (QED) is 0.535. The maximum Gasteiger partial charge on any atom is 0.0790 e. The van der Waals surface area contributed by atoms with Crippen LogP contribution in [0.4, 0.5) is 0 Å². The molecule has 0 saturated carbocycles. The van der Waals surface area contributed by atoms with Crippen LogP contribution in [-0.4, -0.2) is 12.7 Å². The predicted octanol–water partition coefficient (Wildman–Crippen LogP) is 2.38. The van der Waals surface area contributed by atoms with Gasteiger partial charge in [0.2, 0.25) is 0 Å².